The Hall–Kier alpha value is -0.790. The third kappa shape index (κ3) is 1.20. The molecule has 0 saturated heterocycles. The van der Waals surface area contributed by atoms with Crippen molar-refractivity contribution in [1.29, 1.82) is 0 Å². The predicted octanol–water partition coefficient (Wildman–Crippen LogP) is 1.48. The first-order valence-electron chi connectivity index (χ1n) is 3.46. The third-order valence-electron chi connectivity index (χ3n) is 1.89. The second kappa shape index (κ2) is 2.86. The summed E-state index contributed by atoms with van der Waals surface area (Å²) < 4.78 is 5.06. The highest BCUT2D eigenvalue weighted by Gasteiger charge is 2.39. The highest BCUT2D eigenvalue weighted by Crippen LogP contribution is 2.40. The van der Waals surface area contributed by atoms with Crippen LogP contribution in [0.5, 0.6) is 0 Å². The van der Waals surface area contributed by atoms with E-state index in [9.17, 15) is 0 Å². The smallest absolute Gasteiger partial charge is 0.186 e. The first kappa shape index (κ1) is 7.32. The molecule has 0 aromatic carbocycles. The lowest BCUT2D eigenvalue weighted by molar-refractivity contribution is 0.384. The third-order valence-corrected chi connectivity index (χ3v) is 1.89. The largest absolute Gasteiger partial charge is 0.484 e. The van der Waals surface area contributed by atoms with Gasteiger partial charge in [-0.05, 0) is 12.3 Å². The molecule has 0 N–H and O–H groups in total. The number of allylic oxidation sites excluding steroid dienone is 1. The quantitative estimate of drug-likeness (QED) is 0.322. The molecular weight excluding hydrogens is 126 g/mol. The number of ether oxygens (including phenoxy) is 1. The average Bonchev–Trinajstić information content (AvgIpc) is 2.70. The van der Waals surface area contributed by atoms with Gasteiger partial charge in [0.15, 0.2) is 5.90 Å². The van der Waals surface area contributed by atoms with Crippen molar-refractivity contribution in [2.45, 2.75) is 6.42 Å². The van der Waals surface area contributed by atoms with E-state index in [1.165, 1.54) is 0 Å². The Morgan fingerprint density at radius 3 is 2.80 bits per heavy atom. The van der Waals surface area contributed by atoms with Gasteiger partial charge >= 0.3 is 0 Å². The molecule has 2 nitrogen and oxygen atoms in total. The summed E-state index contributed by atoms with van der Waals surface area (Å²) in [6, 6.07) is 0. The minimum atomic E-state index is 0.521. The highest BCUT2D eigenvalue weighted by molar-refractivity contribution is 5.81. The van der Waals surface area contributed by atoms with E-state index >= 15 is 0 Å². The summed E-state index contributed by atoms with van der Waals surface area (Å²) in [5.74, 6) is 2.00. The van der Waals surface area contributed by atoms with Crippen LogP contribution in [0, 0.1) is 11.8 Å². The molecule has 2 heteroatoms. The van der Waals surface area contributed by atoms with Gasteiger partial charge in [-0.3, -0.25) is 4.99 Å². The fourth-order valence-corrected chi connectivity index (χ4v) is 1.17. The zero-order valence-corrected chi connectivity index (χ0v) is 6.50. The van der Waals surface area contributed by atoms with Crippen LogP contribution in [0.25, 0.3) is 0 Å². The zero-order chi connectivity index (χ0) is 7.56. The Balaban J connectivity index is 2.44. The SMILES string of the molecule is C=C[C@@H]1C[C@H]1C(=NC)OC. The van der Waals surface area contributed by atoms with E-state index in [0.717, 1.165) is 12.3 Å². The molecule has 1 aliphatic carbocycles. The molecule has 0 radical (unpaired) electrons. The van der Waals surface area contributed by atoms with Crippen molar-refractivity contribution in [3.05, 3.63) is 12.7 Å². The molecule has 0 amide bonds. The minimum absolute atomic E-state index is 0.521. The van der Waals surface area contributed by atoms with Crippen LogP contribution < -0.4 is 0 Å². The van der Waals surface area contributed by atoms with Crippen molar-refractivity contribution in [2.24, 2.45) is 16.8 Å². The van der Waals surface area contributed by atoms with Gasteiger partial charge in [-0.2, -0.15) is 0 Å². The van der Waals surface area contributed by atoms with Crippen molar-refractivity contribution in [3.63, 3.8) is 0 Å². The van der Waals surface area contributed by atoms with Crippen molar-refractivity contribution >= 4 is 5.90 Å². The van der Waals surface area contributed by atoms with E-state index in [1.54, 1.807) is 14.2 Å². The number of hydrogen-bond acceptors (Lipinski definition) is 2. The molecular formula is C8H13NO. The Kier molecular flexibility index (Phi) is 2.10. The van der Waals surface area contributed by atoms with Crippen LogP contribution in [0.3, 0.4) is 0 Å². The maximum atomic E-state index is 5.06. The number of hydrogen-bond donors (Lipinski definition) is 0. The van der Waals surface area contributed by atoms with E-state index in [2.05, 4.69) is 11.6 Å². The summed E-state index contributed by atoms with van der Waals surface area (Å²) in [5.41, 5.74) is 0. The summed E-state index contributed by atoms with van der Waals surface area (Å²) in [6.07, 6.45) is 3.12. The van der Waals surface area contributed by atoms with E-state index in [0.29, 0.717) is 11.8 Å². The first-order chi connectivity index (χ1) is 4.83. The van der Waals surface area contributed by atoms with Gasteiger partial charge < -0.3 is 4.74 Å². The van der Waals surface area contributed by atoms with Crippen molar-refractivity contribution in [1.82, 2.24) is 0 Å². The molecule has 0 bridgehead atoms. The van der Waals surface area contributed by atoms with Crippen LogP contribution in [0.4, 0.5) is 0 Å². The van der Waals surface area contributed by atoms with Crippen LogP contribution >= 0.6 is 0 Å². The van der Waals surface area contributed by atoms with Gasteiger partial charge in [-0.1, -0.05) is 6.08 Å². The Morgan fingerprint density at radius 1 is 1.80 bits per heavy atom. The summed E-state index contributed by atoms with van der Waals surface area (Å²) in [7, 11) is 3.43. The molecule has 56 valence electrons. The van der Waals surface area contributed by atoms with Crippen molar-refractivity contribution in [2.75, 3.05) is 14.2 Å². The number of rotatable bonds is 2. The van der Waals surface area contributed by atoms with Gasteiger partial charge in [-0.15, -0.1) is 6.58 Å². The molecule has 1 aliphatic rings. The van der Waals surface area contributed by atoms with E-state index in [1.807, 2.05) is 6.08 Å². The van der Waals surface area contributed by atoms with Crippen LogP contribution in [-0.4, -0.2) is 20.1 Å². The normalized spacial score (nSPS) is 31.6. The minimum Gasteiger partial charge on any atom is -0.484 e. The average molecular weight is 139 g/mol. The molecule has 1 fully saturated rings. The highest BCUT2D eigenvalue weighted by atomic mass is 16.5. The second-order valence-corrected chi connectivity index (χ2v) is 2.51. The molecule has 1 saturated carbocycles. The molecule has 2 atom stereocenters. The molecule has 1 rings (SSSR count). The maximum absolute atomic E-state index is 5.06. The Bertz CT molecular complexity index is 163. The Morgan fingerprint density at radius 2 is 2.50 bits per heavy atom. The molecule has 0 unspecified atom stereocenters. The molecule has 0 aromatic heterocycles. The lowest BCUT2D eigenvalue weighted by atomic mass is 10.3. The number of aliphatic imine (C=N–C) groups is 1. The topological polar surface area (TPSA) is 21.6 Å². The summed E-state index contributed by atoms with van der Waals surface area (Å²) >= 11 is 0. The van der Waals surface area contributed by atoms with Crippen LogP contribution in [0.1, 0.15) is 6.42 Å². The van der Waals surface area contributed by atoms with Gasteiger partial charge in [0.2, 0.25) is 0 Å². The van der Waals surface area contributed by atoms with Crippen LogP contribution in [0.15, 0.2) is 17.6 Å². The van der Waals surface area contributed by atoms with Gasteiger partial charge in [0.05, 0.1) is 7.11 Å². The first-order valence-corrected chi connectivity index (χ1v) is 3.46. The van der Waals surface area contributed by atoms with Crippen LogP contribution in [0.2, 0.25) is 0 Å². The standard InChI is InChI=1S/C8H13NO/c1-4-6-5-7(6)8(9-2)10-3/h4,6-7H,1,5H2,2-3H3/t6-,7-/m1/s1. The van der Waals surface area contributed by atoms with E-state index < -0.39 is 0 Å². The lowest BCUT2D eigenvalue weighted by Gasteiger charge is -1.99. The van der Waals surface area contributed by atoms with Gasteiger partial charge in [0, 0.05) is 13.0 Å². The summed E-state index contributed by atoms with van der Waals surface area (Å²) in [4.78, 5) is 4.01. The van der Waals surface area contributed by atoms with Crippen LogP contribution in [-0.2, 0) is 4.74 Å². The Labute approximate surface area is 61.6 Å². The molecule has 0 heterocycles. The fourth-order valence-electron chi connectivity index (χ4n) is 1.17. The summed E-state index contributed by atoms with van der Waals surface area (Å²) in [6.45, 7) is 3.71. The molecule has 0 aliphatic heterocycles. The monoisotopic (exact) mass is 139 g/mol. The second-order valence-electron chi connectivity index (χ2n) is 2.51. The van der Waals surface area contributed by atoms with Crippen molar-refractivity contribution in [3.8, 4) is 0 Å². The lowest BCUT2D eigenvalue weighted by Crippen LogP contribution is -2.04. The van der Waals surface area contributed by atoms with Crippen molar-refractivity contribution < 1.29 is 4.74 Å². The fraction of sp³-hybridized carbons (Fsp3) is 0.625. The van der Waals surface area contributed by atoms with Gasteiger partial charge in [0.25, 0.3) is 0 Å². The van der Waals surface area contributed by atoms with Gasteiger partial charge in [-0.25, -0.2) is 0 Å². The zero-order valence-electron chi connectivity index (χ0n) is 6.50. The number of nitrogens with zero attached hydrogens (tertiary/aromatic N) is 1. The summed E-state index contributed by atoms with van der Waals surface area (Å²) in [5, 5.41) is 0. The predicted molar refractivity (Wildman–Crippen MR) is 42.2 cm³/mol. The van der Waals surface area contributed by atoms with E-state index in [4.69, 9.17) is 4.74 Å². The number of methoxy groups -OCH3 is 1. The molecule has 0 aromatic rings. The maximum Gasteiger partial charge on any atom is 0.186 e. The van der Waals surface area contributed by atoms with E-state index in [-0.39, 0.29) is 0 Å². The molecule has 10 heavy (non-hydrogen) atoms. The molecule has 0 spiro atoms. The van der Waals surface area contributed by atoms with Gasteiger partial charge in [0.1, 0.15) is 0 Å².